The Balaban J connectivity index is 2.54. The van der Waals surface area contributed by atoms with Gasteiger partial charge in [-0.2, -0.15) is 0 Å². The zero-order valence-electron chi connectivity index (χ0n) is 12.3. The van der Waals surface area contributed by atoms with Crippen molar-refractivity contribution in [3.05, 3.63) is 41.8 Å². The monoisotopic (exact) mass is 296 g/mol. The average molecular weight is 296 g/mol. The highest BCUT2D eigenvalue weighted by molar-refractivity contribution is 5.76. The third-order valence-electron chi connectivity index (χ3n) is 2.79. The Kier molecular flexibility index (Phi) is 8.08. The first kappa shape index (κ1) is 17.1. The van der Waals surface area contributed by atoms with Crippen molar-refractivity contribution >= 4 is 12.1 Å². The number of hydrogen-bond acceptors (Lipinski definition) is 3. The summed E-state index contributed by atoms with van der Waals surface area (Å²) in [6.45, 7) is 1.79. The normalized spacial score (nSPS) is 10.8. The van der Waals surface area contributed by atoms with E-state index in [0.717, 1.165) is 0 Å². The van der Waals surface area contributed by atoms with Gasteiger partial charge in [-0.05, 0) is 12.1 Å². The van der Waals surface area contributed by atoms with Gasteiger partial charge in [-0.3, -0.25) is 0 Å². The number of carbonyl (C=O) groups excluding carboxylic acids is 1. The molecule has 0 aliphatic rings. The van der Waals surface area contributed by atoms with Gasteiger partial charge in [-0.25, -0.2) is 9.18 Å². The SMILES string of the molecule is COCCN(CCOC)C(=O)N/C=C/c1ccccc1F. The second kappa shape index (κ2) is 9.90. The molecule has 0 atom stereocenters. The minimum absolute atomic E-state index is 0.281. The number of methoxy groups -OCH3 is 2. The van der Waals surface area contributed by atoms with Crippen LogP contribution >= 0.6 is 0 Å². The third kappa shape index (κ3) is 6.37. The Morgan fingerprint density at radius 2 is 1.86 bits per heavy atom. The zero-order chi connectivity index (χ0) is 15.5. The Bertz CT molecular complexity index is 458. The summed E-state index contributed by atoms with van der Waals surface area (Å²) >= 11 is 0. The highest BCUT2D eigenvalue weighted by Gasteiger charge is 2.11. The molecule has 2 amide bonds. The topological polar surface area (TPSA) is 50.8 Å². The average Bonchev–Trinajstić information content (AvgIpc) is 2.49. The molecule has 0 spiro atoms. The maximum Gasteiger partial charge on any atom is 0.321 e. The summed E-state index contributed by atoms with van der Waals surface area (Å²) < 4.78 is 23.3. The van der Waals surface area contributed by atoms with Crippen molar-refractivity contribution < 1.29 is 18.7 Å². The molecule has 21 heavy (non-hydrogen) atoms. The number of benzene rings is 1. The number of nitrogens with one attached hydrogen (secondary N) is 1. The lowest BCUT2D eigenvalue weighted by Gasteiger charge is -2.21. The van der Waals surface area contributed by atoms with Crippen molar-refractivity contribution in [2.45, 2.75) is 0 Å². The summed E-state index contributed by atoms with van der Waals surface area (Å²) in [6, 6.07) is 6.06. The second-order valence-electron chi connectivity index (χ2n) is 4.28. The zero-order valence-corrected chi connectivity index (χ0v) is 12.3. The summed E-state index contributed by atoms with van der Waals surface area (Å²) in [6.07, 6.45) is 2.94. The van der Waals surface area contributed by atoms with Crippen LogP contribution in [0.1, 0.15) is 5.56 Å². The Morgan fingerprint density at radius 3 is 2.43 bits per heavy atom. The molecule has 0 saturated heterocycles. The van der Waals surface area contributed by atoms with E-state index in [4.69, 9.17) is 9.47 Å². The Hall–Kier alpha value is -1.92. The van der Waals surface area contributed by atoms with E-state index < -0.39 is 0 Å². The standard InChI is InChI=1S/C15H21FN2O3/c1-20-11-9-18(10-12-21-2)15(19)17-8-7-13-5-3-4-6-14(13)16/h3-8H,9-12H2,1-2H3,(H,17,19)/b8-7+. The molecule has 1 rings (SSSR count). The van der Waals surface area contributed by atoms with E-state index in [2.05, 4.69) is 5.32 Å². The maximum atomic E-state index is 13.4. The predicted octanol–water partition coefficient (Wildman–Crippen LogP) is 2.10. The number of amides is 2. The summed E-state index contributed by atoms with van der Waals surface area (Å²) in [4.78, 5) is 13.6. The summed E-state index contributed by atoms with van der Waals surface area (Å²) in [5.41, 5.74) is 0.415. The molecule has 116 valence electrons. The van der Waals surface area contributed by atoms with Gasteiger partial charge in [0.05, 0.1) is 13.2 Å². The smallest absolute Gasteiger partial charge is 0.321 e. The molecule has 1 aromatic rings. The molecule has 0 unspecified atom stereocenters. The molecular weight excluding hydrogens is 275 g/mol. The first-order valence-corrected chi connectivity index (χ1v) is 6.63. The third-order valence-corrected chi connectivity index (χ3v) is 2.79. The van der Waals surface area contributed by atoms with E-state index in [-0.39, 0.29) is 11.8 Å². The van der Waals surface area contributed by atoms with Crippen LogP contribution in [-0.4, -0.2) is 51.5 Å². The van der Waals surface area contributed by atoms with Crippen LogP contribution in [0.25, 0.3) is 6.08 Å². The van der Waals surface area contributed by atoms with Crippen molar-refractivity contribution in [1.29, 1.82) is 0 Å². The van der Waals surface area contributed by atoms with Gasteiger partial charge in [0, 0.05) is 39.1 Å². The van der Waals surface area contributed by atoms with Crippen molar-refractivity contribution in [3.8, 4) is 0 Å². The number of hydrogen-bond donors (Lipinski definition) is 1. The molecule has 0 aliphatic heterocycles. The first-order valence-electron chi connectivity index (χ1n) is 6.63. The number of urea groups is 1. The first-order chi connectivity index (χ1) is 10.2. The summed E-state index contributed by atoms with van der Waals surface area (Å²) in [7, 11) is 3.15. The van der Waals surface area contributed by atoms with Gasteiger partial charge in [0.15, 0.2) is 0 Å². The molecule has 0 bridgehead atoms. The molecule has 0 aromatic heterocycles. The maximum absolute atomic E-state index is 13.4. The van der Waals surface area contributed by atoms with Gasteiger partial charge in [0.1, 0.15) is 5.82 Å². The van der Waals surface area contributed by atoms with Gasteiger partial charge < -0.3 is 19.7 Å². The van der Waals surface area contributed by atoms with Gasteiger partial charge in [-0.15, -0.1) is 0 Å². The Labute approximate surface area is 124 Å². The van der Waals surface area contributed by atoms with E-state index in [1.165, 1.54) is 18.3 Å². The predicted molar refractivity (Wildman–Crippen MR) is 79.3 cm³/mol. The highest BCUT2D eigenvalue weighted by Crippen LogP contribution is 2.07. The lowest BCUT2D eigenvalue weighted by atomic mass is 10.2. The van der Waals surface area contributed by atoms with E-state index in [9.17, 15) is 9.18 Å². The number of ether oxygens (including phenoxy) is 2. The molecule has 6 heteroatoms. The van der Waals surface area contributed by atoms with E-state index in [1.54, 1.807) is 37.3 Å². The molecular formula is C15H21FN2O3. The van der Waals surface area contributed by atoms with E-state index in [1.807, 2.05) is 0 Å². The van der Waals surface area contributed by atoms with Gasteiger partial charge >= 0.3 is 6.03 Å². The van der Waals surface area contributed by atoms with Crippen LogP contribution in [0.3, 0.4) is 0 Å². The fraction of sp³-hybridized carbons (Fsp3) is 0.400. The van der Waals surface area contributed by atoms with Crippen LogP contribution in [-0.2, 0) is 9.47 Å². The van der Waals surface area contributed by atoms with E-state index >= 15 is 0 Å². The fourth-order valence-corrected chi connectivity index (χ4v) is 1.62. The van der Waals surface area contributed by atoms with E-state index in [0.29, 0.717) is 31.9 Å². The van der Waals surface area contributed by atoms with Gasteiger partial charge in [-0.1, -0.05) is 18.2 Å². The summed E-state index contributed by atoms with van der Waals surface area (Å²) in [5.74, 6) is -0.335. The largest absolute Gasteiger partial charge is 0.383 e. The molecule has 5 nitrogen and oxygen atoms in total. The van der Waals surface area contributed by atoms with Crippen molar-refractivity contribution in [1.82, 2.24) is 10.2 Å². The van der Waals surface area contributed by atoms with Gasteiger partial charge in [0.2, 0.25) is 0 Å². The fourth-order valence-electron chi connectivity index (χ4n) is 1.62. The Morgan fingerprint density at radius 1 is 1.24 bits per heavy atom. The van der Waals surface area contributed by atoms with Crippen LogP contribution in [0.2, 0.25) is 0 Å². The van der Waals surface area contributed by atoms with Crippen LogP contribution in [0.4, 0.5) is 9.18 Å². The molecule has 0 saturated carbocycles. The van der Waals surface area contributed by atoms with Crippen molar-refractivity contribution in [2.75, 3.05) is 40.5 Å². The minimum atomic E-state index is -0.335. The number of halogens is 1. The summed E-state index contributed by atoms with van der Waals surface area (Å²) in [5, 5.41) is 2.60. The van der Waals surface area contributed by atoms with Crippen molar-refractivity contribution in [3.63, 3.8) is 0 Å². The molecule has 0 radical (unpaired) electrons. The quantitative estimate of drug-likeness (QED) is 0.799. The molecule has 0 aliphatic carbocycles. The molecule has 0 fully saturated rings. The van der Waals surface area contributed by atoms with Crippen LogP contribution in [0, 0.1) is 5.82 Å². The molecule has 1 aromatic carbocycles. The second-order valence-corrected chi connectivity index (χ2v) is 4.28. The van der Waals surface area contributed by atoms with Crippen molar-refractivity contribution in [2.24, 2.45) is 0 Å². The van der Waals surface area contributed by atoms with Crippen LogP contribution in [0.15, 0.2) is 30.5 Å². The lowest BCUT2D eigenvalue weighted by Crippen LogP contribution is -2.41. The number of nitrogens with zero attached hydrogens (tertiary/aromatic N) is 1. The highest BCUT2D eigenvalue weighted by atomic mass is 19.1. The van der Waals surface area contributed by atoms with Crippen LogP contribution < -0.4 is 5.32 Å². The molecule has 0 heterocycles. The lowest BCUT2D eigenvalue weighted by molar-refractivity contribution is 0.124. The van der Waals surface area contributed by atoms with Crippen LogP contribution in [0.5, 0.6) is 0 Å². The number of carbonyl (C=O) groups is 1. The molecule has 1 N–H and O–H groups in total. The minimum Gasteiger partial charge on any atom is -0.383 e. The number of rotatable bonds is 8. The van der Waals surface area contributed by atoms with Gasteiger partial charge in [0.25, 0.3) is 0 Å².